The van der Waals surface area contributed by atoms with Crippen molar-refractivity contribution in [1.82, 2.24) is 25.8 Å². The average Bonchev–Trinajstić information content (AvgIpc) is 3.32. The number of halogens is 2. The van der Waals surface area contributed by atoms with E-state index in [1.807, 2.05) is 33.0 Å². The molecule has 0 amide bonds. The van der Waals surface area contributed by atoms with Crippen LogP contribution in [0.3, 0.4) is 0 Å². The summed E-state index contributed by atoms with van der Waals surface area (Å²) in [5.41, 5.74) is 1.97. The van der Waals surface area contributed by atoms with Gasteiger partial charge in [-0.25, -0.2) is 4.39 Å². The molecule has 30 heavy (non-hydrogen) atoms. The van der Waals surface area contributed by atoms with Crippen LogP contribution in [0.15, 0.2) is 33.9 Å². The second-order valence-electron chi connectivity index (χ2n) is 7.25. The van der Waals surface area contributed by atoms with Gasteiger partial charge in [0.25, 0.3) is 0 Å². The van der Waals surface area contributed by atoms with Gasteiger partial charge in [-0.1, -0.05) is 19.0 Å². The molecule has 2 aromatic heterocycles. The Morgan fingerprint density at radius 3 is 2.83 bits per heavy atom. The van der Waals surface area contributed by atoms with Crippen molar-refractivity contribution >= 4 is 40.8 Å². The van der Waals surface area contributed by atoms with Crippen LogP contribution in [0.5, 0.6) is 0 Å². The second-order valence-corrected chi connectivity index (χ2v) is 7.25. The fourth-order valence-corrected chi connectivity index (χ4v) is 3.05. The standard InChI is InChI=1S/C21H29FN6O.HI/c1-4-23-21(24-10-5-6-19-27-20(14(2)3)28-29-19)25-11-9-15-13-26-18-12-16(22)7-8-17(15)18;/h7-8,12-14,26H,4-6,9-11H2,1-3H3,(H2,23,24,25);1H. The summed E-state index contributed by atoms with van der Waals surface area (Å²) in [4.78, 5) is 12.1. The number of hydrogen-bond acceptors (Lipinski definition) is 4. The van der Waals surface area contributed by atoms with E-state index >= 15 is 0 Å². The van der Waals surface area contributed by atoms with Crippen LogP contribution in [-0.4, -0.2) is 40.7 Å². The quantitative estimate of drug-likeness (QED) is 0.168. The van der Waals surface area contributed by atoms with Crippen LogP contribution in [0.25, 0.3) is 10.9 Å². The third-order valence-corrected chi connectivity index (χ3v) is 4.58. The predicted molar refractivity (Wildman–Crippen MR) is 128 cm³/mol. The number of nitrogens with one attached hydrogen (secondary N) is 3. The summed E-state index contributed by atoms with van der Waals surface area (Å²) in [6.45, 7) is 8.32. The van der Waals surface area contributed by atoms with Crippen LogP contribution >= 0.6 is 24.0 Å². The van der Waals surface area contributed by atoms with E-state index in [2.05, 4.69) is 30.8 Å². The molecule has 0 fully saturated rings. The number of hydrogen-bond donors (Lipinski definition) is 3. The van der Waals surface area contributed by atoms with Crippen molar-refractivity contribution in [2.45, 2.75) is 46.0 Å². The average molecular weight is 528 g/mol. The molecular weight excluding hydrogens is 498 g/mol. The lowest BCUT2D eigenvalue weighted by molar-refractivity contribution is 0.369. The summed E-state index contributed by atoms with van der Waals surface area (Å²) >= 11 is 0. The minimum Gasteiger partial charge on any atom is -0.361 e. The van der Waals surface area contributed by atoms with Crippen molar-refractivity contribution < 1.29 is 8.91 Å². The number of aromatic nitrogens is 3. The van der Waals surface area contributed by atoms with Gasteiger partial charge in [-0.15, -0.1) is 24.0 Å². The lowest BCUT2D eigenvalue weighted by Gasteiger charge is -2.11. The molecule has 0 aliphatic rings. The molecule has 3 N–H and O–H groups in total. The lowest BCUT2D eigenvalue weighted by atomic mass is 10.1. The molecule has 164 valence electrons. The Morgan fingerprint density at radius 1 is 1.27 bits per heavy atom. The van der Waals surface area contributed by atoms with Crippen LogP contribution in [-0.2, 0) is 12.8 Å². The third kappa shape index (κ3) is 6.68. The van der Waals surface area contributed by atoms with Crippen molar-refractivity contribution in [3.8, 4) is 0 Å². The SMILES string of the molecule is CCNC(=NCCCc1nc(C(C)C)no1)NCCc1c[nH]c2cc(F)ccc12.I. The van der Waals surface area contributed by atoms with Gasteiger partial charge in [0.1, 0.15) is 5.82 Å². The van der Waals surface area contributed by atoms with E-state index in [-0.39, 0.29) is 35.7 Å². The Labute approximate surface area is 193 Å². The zero-order valence-corrected chi connectivity index (χ0v) is 20.0. The summed E-state index contributed by atoms with van der Waals surface area (Å²) in [7, 11) is 0. The number of rotatable bonds is 9. The van der Waals surface area contributed by atoms with E-state index in [0.29, 0.717) is 18.9 Å². The third-order valence-electron chi connectivity index (χ3n) is 4.58. The highest BCUT2D eigenvalue weighted by Gasteiger charge is 2.09. The molecular formula is C21H30FIN6O. The Morgan fingerprint density at radius 2 is 2.10 bits per heavy atom. The first-order valence-electron chi connectivity index (χ1n) is 10.2. The molecule has 0 spiro atoms. The molecule has 3 aromatic rings. The van der Waals surface area contributed by atoms with Gasteiger partial charge in [0.05, 0.1) is 0 Å². The van der Waals surface area contributed by atoms with Gasteiger partial charge in [0.15, 0.2) is 11.8 Å². The molecule has 0 radical (unpaired) electrons. The van der Waals surface area contributed by atoms with Gasteiger partial charge >= 0.3 is 0 Å². The number of fused-ring (bicyclic) bond motifs is 1. The fourth-order valence-electron chi connectivity index (χ4n) is 3.05. The minimum absolute atomic E-state index is 0. The Bertz CT molecular complexity index is 952. The highest BCUT2D eigenvalue weighted by molar-refractivity contribution is 14.0. The number of benzene rings is 1. The van der Waals surface area contributed by atoms with E-state index in [4.69, 9.17) is 4.52 Å². The lowest BCUT2D eigenvalue weighted by Crippen LogP contribution is -2.38. The predicted octanol–water partition coefficient (Wildman–Crippen LogP) is 4.16. The first-order chi connectivity index (χ1) is 14.1. The van der Waals surface area contributed by atoms with Crippen LogP contribution in [0.2, 0.25) is 0 Å². The Hall–Kier alpha value is -2.17. The summed E-state index contributed by atoms with van der Waals surface area (Å²) < 4.78 is 18.6. The summed E-state index contributed by atoms with van der Waals surface area (Å²) in [5.74, 6) is 2.24. The molecule has 9 heteroatoms. The molecule has 7 nitrogen and oxygen atoms in total. The van der Waals surface area contributed by atoms with Crippen molar-refractivity contribution in [2.75, 3.05) is 19.6 Å². The van der Waals surface area contributed by atoms with Gasteiger partial charge < -0.3 is 20.1 Å². The second kappa shape index (κ2) is 11.9. The van der Waals surface area contributed by atoms with Crippen molar-refractivity contribution in [2.24, 2.45) is 4.99 Å². The maximum Gasteiger partial charge on any atom is 0.226 e. The van der Waals surface area contributed by atoms with Gasteiger partial charge in [-0.3, -0.25) is 4.99 Å². The van der Waals surface area contributed by atoms with E-state index < -0.39 is 0 Å². The van der Waals surface area contributed by atoms with Gasteiger partial charge in [-0.05, 0) is 43.5 Å². The number of aliphatic imine (C=N–C) groups is 1. The normalized spacial score (nSPS) is 11.7. The van der Waals surface area contributed by atoms with Crippen molar-refractivity contribution in [3.05, 3.63) is 47.5 Å². The zero-order chi connectivity index (χ0) is 20.6. The van der Waals surface area contributed by atoms with Gasteiger partial charge in [-0.2, -0.15) is 4.98 Å². The topological polar surface area (TPSA) is 91.1 Å². The number of nitrogens with zero attached hydrogens (tertiary/aromatic N) is 3. The first-order valence-corrected chi connectivity index (χ1v) is 10.2. The Kier molecular flexibility index (Phi) is 9.54. The number of aryl methyl sites for hydroxylation is 1. The molecule has 3 rings (SSSR count). The molecule has 0 unspecified atom stereocenters. The molecule has 0 saturated carbocycles. The van der Waals surface area contributed by atoms with Crippen LogP contribution < -0.4 is 10.6 Å². The van der Waals surface area contributed by atoms with E-state index in [1.165, 1.54) is 12.1 Å². The summed E-state index contributed by atoms with van der Waals surface area (Å²) in [6, 6.07) is 4.83. The van der Waals surface area contributed by atoms with Crippen molar-refractivity contribution in [1.29, 1.82) is 0 Å². The molecule has 0 aliphatic heterocycles. The zero-order valence-electron chi connectivity index (χ0n) is 17.7. The molecule has 0 saturated heterocycles. The maximum absolute atomic E-state index is 13.3. The maximum atomic E-state index is 13.3. The molecule has 0 bridgehead atoms. The van der Waals surface area contributed by atoms with E-state index in [0.717, 1.165) is 54.2 Å². The summed E-state index contributed by atoms with van der Waals surface area (Å²) in [5, 5.41) is 11.6. The largest absolute Gasteiger partial charge is 0.361 e. The van der Waals surface area contributed by atoms with Gasteiger partial charge in [0.2, 0.25) is 5.89 Å². The Balaban J connectivity index is 0.00000320. The molecule has 0 aliphatic carbocycles. The van der Waals surface area contributed by atoms with E-state index in [1.54, 1.807) is 0 Å². The monoisotopic (exact) mass is 528 g/mol. The number of H-pyrrole nitrogens is 1. The van der Waals surface area contributed by atoms with E-state index in [9.17, 15) is 4.39 Å². The fraction of sp³-hybridized carbons (Fsp3) is 0.476. The smallest absolute Gasteiger partial charge is 0.226 e. The molecule has 1 aromatic carbocycles. The van der Waals surface area contributed by atoms with Gasteiger partial charge in [0, 0.05) is 49.1 Å². The van der Waals surface area contributed by atoms with Crippen LogP contribution in [0.1, 0.15) is 50.4 Å². The summed E-state index contributed by atoms with van der Waals surface area (Å²) in [6.07, 6.45) is 4.31. The first kappa shape index (κ1) is 24.1. The molecule has 0 atom stereocenters. The molecule has 2 heterocycles. The van der Waals surface area contributed by atoms with Crippen LogP contribution in [0.4, 0.5) is 4.39 Å². The minimum atomic E-state index is -0.230. The number of guanidine groups is 1. The highest BCUT2D eigenvalue weighted by Crippen LogP contribution is 2.19. The van der Waals surface area contributed by atoms with Crippen molar-refractivity contribution in [3.63, 3.8) is 0 Å². The van der Waals surface area contributed by atoms with Crippen LogP contribution in [0, 0.1) is 5.82 Å². The highest BCUT2D eigenvalue weighted by atomic mass is 127. The number of aromatic amines is 1.